The smallest absolute Gasteiger partial charge is 0.169 e. The molecule has 1 aromatic carbocycles. The molecule has 1 aliphatic heterocycles. The highest BCUT2D eigenvalue weighted by Crippen LogP contribution is 2.43. The summed E-state index contributed by atoms with van der Waals surface area (Å²) in [6.07, 6.45) is 1.08. The molecule has 1 saturated heterocycles. The summed E-state index contributed by atoms with van der Waals surface area (Å²) in [5, 5.41) is 1.20. The van der Waals surface area contributed by atoms with Crippen LogP contribution in [0.1, 0.15) is 38.4 Å². The fourth-order valence-corrected chi connectivity index (χ4v) is 2.77. The van der Waals surface area contributed by atoms with E-state index in [1.807, 2.05) is 19.9 Å². The summed E-state index contributed by atoms with van der Waals surface area (Å²) < 4.78 is 11.9. The second-order valence-electron chi connectivity index (χ2n) is 4.48. The zero-order chi connectivity index (χ0) is 13.3. The van der Waals surface area contributed by atoms with E-state index in [0.717, 1.165) is 18.4 Å². The van der Waals surface area contributed by atoms with Gasteiger partial charge in [0.15, 0.2) is 5.79 Å². The minimum Gasteiger partial charge on any atom is -0.344 e. The maximum atomic E-state index is 6.21. The van der Waals surface area contributed by atoms with Crippen molar-refractivity contribution >= 4 is 23.2 Å². The van der Waals surface area contributed by atoms with E-state index in [1.54, 1.807) is 12.1 Å². The highest BCUT2D eigenvalue weighted by molar-refractivity contribution is 6.35. The summed E-state index contributed by atoms with van der Waals surface area (Å²) in [6.45, 7) is 8.10. The minimum atomic E-state index is -0.542. The van der Waals surface area contributed by atoms with Gasteiger partial charge < -0.3 is 9.47 Å². The van der Waals surface area contributed by atoms with E-state index >= 15 is 0 Å². The molecule has 0 amide bonds. The molecule has 0 bridgehead atoms. The van der Waals surface area contributed by atoms with Crippen LogP contribution in [0.5, 0.6) is 0 Å². The Kier molecular flexibility index (Phi) is 4.22. The summed E-state index contributed by atoms with van der Waals surface area (Å²) in [7, 11) is 0. The van der Waals surface area contributed by atoms with Gasteiger partial charge in [-0.15, -0.1) is 0 Å². The second-order valence-corrected chi connectivity index (χ2v) is 5.32. The number of rotatable bonds is 3. The lowest BCUT2D eigenvalue weighted by atomic mass is 10.1. The molecule has 1 aliphatic rings. The van der Waals surface area contributed by atoms with Crippen molar-refractivity contribution < 1.29 is 9.47 Å². The predicted octanol–water partition coefficient (Wildman–Crippen LogP) is 4.80. The Labute approximate surface area is 118 Å². The quantitative estimate of drug-likeness (QED) is 0.795. The van der Waals surface area contributed by atoms with E-state index in [-0.39, 0.29) is 12.2 Å². The second kappa shape index (κ2) is 5.38. The lowest BCUT2D eigenvalue weighted by Gasteiger charge is -2.25. The number of ether oxygens (including phenoxy) is 2. The van der Waals surface area contributed by atoms with Gasteiger partial charge in [0.1, 0.15) is 6.10 Å². The fraction of sp³-hybridized carbons (Fsp3) is 0.500. The Bertz CT molecular complexity index is 430. The molecule has 2 rings (SSSR count). The van der Waals surface area contributed by atoms with Crippen LogP contribution in [-0.2, 0) is 9.47 Å². The number of hydrogen-bond acceptors (Lipinski definition) is 2. The molecule has 2 nitrogen and oxygen atoms in total. The Hall–Kier alpha value is -0.280. The molecule has 1 radical (unpaired) electrons. The summed E-state index contributed by atoms with van der Waals surface area (Å²) in [6, 6.07) is 5.39. The maximum Gasteiger partial charge on any atom is 0.169 e. The molecule has 0 aromatic heterocycles. The Morgan fingerprint density at radius 3 is 2.39 bits per heavy atom. The summed E-state index contributed by atoms with van der Waals surface area (Å²) in [4.78, 5) is 0. The number of benzene rings is 1. The standard InChI is InChI=1S/C14H17Cl2O2/c1-4-14(5-2)17-9(3)13(18-14)11-7-6-10(15)8-12(11)16/h6-9,13H,3-5H2,1-2H3/t9-,13+/m0/s1. The van der Waals surface area contributed by atoms with Crippen molar-refractivity contribution in [1.82, 2.24) is 0 Å². The Morgan fingerprint density at radius 1 is 1.22 bits per heavy atom. The molecule has 18 heavy (non-hydrogen) atoms. The van der Waals surface area contributed by atoms with E-state index in [9.17, 15) is 0 Å². The van der Waals surface area contributed by atoms with Gasteiger partial charge in [-0.1, -0.05) is 43.1 Å². The highest BCUT2D eigenvalue weighted by Gasteiger charge is 2.44. The predicted molar refractivity (Wildman–Crippen MR) is 73.8 cm³/mol. The van der Waals surface area contributed by atoms with Crippen LogP contribution in [0.15, 0.2) is 18.2 Å². The number of hydrogen-bond donors (Lipinski definition) is 0. The van der Waals surface area contributed by atoms with Crippen LogP contribution >= 0.6 is 23.2 Å². The molecular formula is C14H17Cl2O2. The van der Waals surface area contributed by atoms with Gasteiger partial charge in [-0.05, 0) is 31.9 Å². The number of halogens is 2. The van der Waals surface area contributed by atoms with Crippen LogP contribution in [0.4, 0.5) is 0 Å². The van der Waals surface area contributed by atoms with E-state index in [2.05, 4.69) is 6.92 Å². The Balaban J connectivity index is 2.29. The highest BCUT2D eigenvalue weighted by atomic mass is 35.5. The molecule has 1 aromatic rings. The lowest BCUT2D eigenvalue weighted by molar-refractivity contribution is -0.177. The zero-order valence-corrected chi connectivity index (χ0v) is 12.1. The molecular weight excluding hydrogens is 271 g/mol. The van der Waals surface area contributed by atoms with E-state index in [4.69, 9.17) is 32.7 Å². The average molecular weight is 288 g/mol. The normalized spacial score (nSPS) is 26.5. The van der Waals surface area contributed by atoms with E-state index in [1.165, 1.54) is 0 Å². The maximum absolute atomic E-state index is 6.21. The molecule has 0 aliphatic carbocycles. The first-order valence-electron chi connectivity index (χ1n) is 6.15. The molecule has 4 heteroatoms. The van der Waals surface area contributed by atoms with Crippen molar-refractivity contribution in [2.45, 2.75) is 44.7 Å². The molecule has 2 atom stereocenters. The van der Waals surface area contributed by atoms with Crippen molar-refractivity contribution in [3.8, 4) is 0 Å². The van der Waals surface area contributed by atoms with Crippen LogP contribution in [0.2, 0.25) is 10.0 Å². The first-order valence-corrected chi connectivity index (χ1v) is 6.90. The van der Waals surface area contributed by atoms with Crippen molar-refractivity contribution in [3.05, 3.63) is 40.7 Å². The summed E-state index contributed by atoms with van der Waals surface area (Å²) >= 11 is 12.1. The van der Waals surface area contributed by atoms with Gasteiger partial charge in [-0.2, -0.15) is 0 Å². The SMILES string of the molecule is [CH2][C@@H]1OC(CC)(CC)O[C@H]1c1ccc(Cl)cc1Cl. The third-order valence-corrected chi connectivity index (χ3v) is 3.95. The van der Waals surface area contributed by atoms with Gasteiger partial charge in [0, 0.05) is 15.6 Å². The molecule has 1 fully saturated rings. The van der Waals surface area contributed by atoms with Crippen molar-refractivity contribution in [3.63, 3.8) is 0 Å². The largest absolute Gasteiger partial charge is 0.344 e. The van der Waals surface area contributed by atoms with Crippen molar-refractivity contribution in [2.24, 2.45) is 0 Å². The van der Waals surface area contributed by atoms with Crippen LogP contribution in [-0.4, -0.2) is 11.9 Å². The van der Waals surface area contributed by atoms with Gasteiger partial charge in [-0.25, -0.2) is 0 Å². The topological polar surface area (TPSA) is 18.5 Å². The third-order valence-electron chi connectivity index (χ3n) is 3.39. The van der Waals surface area contributed by atoms with Crippen LogP contribution < -0.4 is 0 Å². The van der Waals surface area contributed by atoms with Crippen LogP contribution in [0.25, 0.3) is 0 Å². The lowest BCUT2D eigenvalue weighted by Crippen LogP contribution is -2.28. The van der Waals surface area contributed by atoms with E-state index in [0.29, 0.717) is 10.0 Å². The summed E-state index contributed by atoms with van der Waals surface area (Å²) in [5.41, 5.74) is 0.879. The molecule has 99 valence electrons. The monoisotopic (exact) mass is 287 g/mol. The van der Waals surface area contributed by atoms with E-state index < -0.39 is 5.79 Å². The first kappa shape index (κ1) is 14.1. The zero-order valence-electron chi connectivity index (χ0n) is 10.6. The third kappa shape index (κ3) is 2.53. The van der Waals surface area contributed by atoms with Gasteiger partial charge in [0.25, 0.3) is 0 Å². The van der Waals surface area contributed by atoms with Crippen LogP contribution in [0.3, 0.4) is 0 Å². The molecule has 0 unspecified atom stereocenters. The summed E-state index contributed by atoms with van der Waals surface area (Å²) in [5.74, 6) is -0.542. The van der Waals surface area contributed by atoms with Crippen molar-refractivity contribution in [1.29, 1.82) is 0 Å². The van der Waals surface area contributed by atoms with Gasteiger partial charge in [0.2, 0.25) is 0 Å². The molecule has 1 heterocycles. The molecule has 0 spiro atoms. The fourth-order valence-electron chi connectivity index (χ4n) is 2.25. The minimum absolute atomic E-state index is 0.241. The van der Waals surface area contributed by atoms with Gasteiger partial charge in [-0.3, -0.25) is 0 Å². The van der Waals surface area contributed by atoms with Crippen LogP contribution in [0, 0.1) is 6.92 Å². The van der Waals surface area contributed by atoms with Crippen molar-refractivity contribution in [2.75, 3.05) is 0 Å². The molecule has 0 N–H and O–H groups in total. The Morgan fingerprint density at radius 2 is 1.89 bits per heavy atom. The molecule has 0 saturated carbocycles. The first-order chi connectivity index (χ1) is 8.51. The van der Waals surface area contributed by atoms with Gasteiger partial charge >= 0.3 is 0 Å². The van der Waals surface area contributed by atoms with Gasteiger partial charge in [0.05, 0.1) is 6.10 Å². The average Bonchev–Trinajstić information content (AvgIpc) is 2.67.